The molecule has 0 aliphatic carbocycles. The molecule has 1 aliphatic heterocycles. The molecule has 3 rings (SSSR count). The number of nitrogens with one attached hydrogen (secondary N) is 1. The second kappa shape index (κ2) is 6.60. The van der Waals surface area contributed by atoms with Crippen molar-refractivity contribution in [1.82, 2.24) is 9.97 Å². The van der Waals surface area contributed by atoms with Crippen LogP contribution in [0.3, 0.4) is 0 Å². The molecule has 1 fully saturated rings. The second-order valence-electron chi connectivity index (χ2n) is 5.37. The van der Waals surface area contributed by atoms with Gasteiger partial charge in [0.25, 0.3) is 5.88 Å². The maximum Gasteiger partial charge on any atom is 0.257 e. The molecule has 1 N–H and O–H groups in total. The molecular weight excluding hydrogens is 283 g/mol. The zero-order valence-corrected chi connectivity index (χ0v) is 12.5. The van der Waals surface area contributed by atoms with Crippen molar-refractivity contribution in [1.29, 1.82) is 0 Å². The first-order chi connectivity index (χ1) is 10.8. The van der Waals surface area contributed by atoms with E-state index in [2.05, 4.69) is 20.2 Å². The van der Waals surface area contributed by atoms with Crippen LogP contribution in [0.1, 0.15) is 6.42 Å². The number of benzene rings is 1. The third-order valence-electron chi connectivity index (χ3n) is 3.89. The first-order valence-corrected chi connectivity index (χ1v) is 7.35. The van der Waals surface area contributed by atoms with Gasteiger partial charge in [-0.15, -0.1) is 0 Å². The number of nitrogens with zero attached hydrogens (tertiary/aromatic N) is 3. The van der Waals surface area contributed by atoms with Crippen LogP contribution in [0.2, 0.25) is 0 Å². The largest absolute Gasteiger partial charge is 0.478 e. The summed E-state index contributed by atoms with van der Waals surface area (Å²) in [5, 5.41) is 3.30. The number of ether oxygens (including phenoxy) is 1. The molecule has 1 aromatic carbocycles. The predicted molar refractivity (Wildman–Crippen MR) is 83.8 cm³/mol. The van der Waals surface area contributed by atoms with Crippen LogP contribution in [-0.2, 0) is 0 Å². The van der Waals surface area contributed by atoms with Crippen molar-refractivity contribution < 1.29 is 9.13 Å². The van der Waals surface area contributed by atoms with E-state index in [1.165, 1.54) is 12.1 Å². The van der Waals surface area contributed by atoms with E-state index in [4.69, 9.17) is 4.74 Å². The van der Waals surface area contributed by atoms with Crippen LogP contribution in [0, 0.1) is 11.7 Å². The summed E-state index contributed by atoms with van der Waals surface area (Å²) in [4.78, 5) is 10.6. The highest BCUT2D eigenvalue weighted by Gasteiger charge is 2.23. The molecule has 116 valence electrons. The van der Waals surface area contributed by atoms with Gasteiger partial charge in [0, 0.05) is 37.7 Å². The minimum Gasteiger partial charge on any atom is -0.478 e. The highest BCUT2D eigenvalue weighted by Crippen LogP contribution is 2.25. The summed E-state index contributed by atoms with van der Waals surface area (Å²) in [6, 6.07) is 6.67. The van der Waals surface area contributed by atoms with Crippen molar-refractivity contribution >= 4 is 11.5 Å². The van der Waals surface area contributed by atoms with E-state index in [9.17, 15) is 4.39 Å². The van der Waals surface area contributed by atoms with Gasteiger partial charge in [0.15, 0.2) is 5.82 Å². The molecule has 1 saturated heterocycles. The van der Waals surface area contributed by atoms with Crippen molar-refractivity contribution in [2.45, 2.75) is 6.42 Å². The van der Waals surface area contributed by atoms with Gasteiger partial charge in [0.05, 0.1) is 7.11 Å². The quantitative estimate of drug-likeness (QED) is 0.920. The van der Waals surface area contributed by atoms with E-state index < -0.39 is 0 Å². The highest BCUT2D eigenvalue weighted by molar-refractivity contribution is 5.48. The molecule has 0 amide bonds. The zero-order chi connectivity index (χ0) is 15.4. The fourth-order valence-electron chi connectivity index (χ4n) is 2.72. The van der Waals surface area contributed by atoms with Crippen LogP contribution in [-0.4, -0.2) is 36.7 Å². The van der Waals surface area contributed by atoms with Crippen LogP contribution in [0.4, 0.5) is 15.9 Å². The molecule has 0 saturated carbocycles. The lowest BCUT2D eigenvalue weighted by molar-refractivity contribution is 0.397. The standard InChI is InChI=1S/C16H19FN4O/c1-22-16-15(18-7-8-19-16)20-10-12-6-9-21(11-12)14-4-2-13(17)3-5-14/h2-5,7-8,12H,6,9-11H2,1H3,(H,18,20). The smallest absolute Gasteiger partial charge is 0.257 e. The average molecular weight is 302 g/mol. The number of methoxy groups -OCH3 is 1. The molecule has 0 spiro atoms. The Morgan fingerprint density at radius 1 is 1.27 bits per heavy atom. The van der Waals surface area contributed by atoms with Crippen LogP contribution >= 0.6 is 0 Å². The summed E-state index contributed by atoms with van der Waals surface area (Å²) in [7, 11) is 1.58. The summed E-state index contributed by atoms with van der Waals surface area (Å²) in [5.74, 6) is 1.49. The first-order valence-electron chi connectivity index (χ1n) is 7.35. The molecule has 0 radical (unpaired) electrons. The van der Waals surface area contributed by atoms with Gasteiger partial charge in [-0.25, -0.2) is 14.4 Å². The average Bonchev–Trinajstić information content (AvgIpc) is 3.03. The van der Waals surface area contributed by atoms with E-state index in [1.807, 2.05) is 12.1 Å². The van der Waals surface area contributed by atoms with Crippen LogP contribution in [0.25, 0.3) is 0 Å². The van der Waals surface area contributed by atoms with Crippen LogP contribution < -0.4 is 15.0 Å². The summed E-state index contributed by atoms with van der Waals surface area (Å²) in [6.45, 7) is 2.74. The lowest BCUT2D eigenvalue weighted by atomic mass is 10.1. The number of rotatable bonds is 5. The minimum absolute atomic E-state index is 0.198. The van der Waals surface area contributed by atoms with E-state index in [0.717, 1.165) is 31.7 Å². The van der Waals surface area contributed by atoms with Gasteiger partial charge in [-0.2, -0.15) is 0 Å². The molecule has 22 heavy (non-hydrogen) atoms. The zero-order valence-electron chi connectivity index (χ0n) is 12.5. The maximum absolute atomic E-state index is 13.0. The molecule has 2 heterocycles. The van der Waals surface area contributed by atoms with Crippen LogP contribution in [0.5, 0.6) is 5.88 Å². The Morgan fingerprint density at radius 3 is 2.82 bits per heavy atom. The number of aromatic nitrogens is 2. The van der Waals surface area contributed by atoms with Gasteiger partial charge in [0.2, 0.25) is 0 Å². The SMILES string of the molecule is COc1nccnc1NCC1CCN(c2ccc(F)cc2)C1. The summed E-state index contributed by atoms with van der Waals surface area (Å²) >= 11 is 0. The van der Waals surface area contributed by atoms with Crippen molar-refractivity contribution in [3.05, 3.63) is 42.5 Å². The number of hydrogen-bond acceptors (Lipinski definition) is 5. The molecule has 0 bridgehead atoms. The third-order valence-corrected chi connectivity index (χ3v) is 3.89. The van der Waals surface area contributed by atoms with Crippen molar-refractivity contribution in [3.8, 4) is 5.88 Å². The summed E-state index contributed by atoms with van der Waals surface area (Å²) in [6.07, 6.45) is 4.34. The lowest BCUT2D eigenvalue weighted by Crippen LogP contribution is -2.22. The molecule has 1 atom stereocenters. The predicted octanol–water partition coefficient (Wildman–Crippen LogP) is 2.56. The summed E-state index contributed by atoms with van der Waals surface area (Å²) in [5.41, 5.74) is 1.07. The lowest BCUT2D eigenvalue weighted by Gasteiger charge is -2.19. The van der Waals surface area contributed by atoms with Gasteiger partial charge in [0.1, 0.15) is 5.82 Å². The van der Waals surface area contributed by atoms with Crippen molar-refractivity contribution in [2.75, 3.05) is 37.0 Å². The molecular formula is C16H19FN4O. The van der Waals surface area contributed by atoms with E-state index >= 15 is 0 Å². The Hall–Kier alpha value is -2.37. The van der Waals surface area contributed by atoms with Gasteiger partial charge in [-0.3, -0.25) is 0 Å². The normalized spacial score (nSPS) is 17.5. The number of halogens is 1. The van der Waals surface area contributed by atoms with E-state index in [0.29, 0.717) is 17.6 Å². The highest BCUT2D eigenvalue weighted by atomic mass is 19.1. The van der Waals surface area contributed by atoms with Crippen molar-refractivity contribution in [3.63, 3.8) is 0 Å². The van der Waals surface area contributed by atoms with Gasteiger partial charge >= 0.3 is 0 Å². The van der Waals surface area contributed by atoms with Gasteiger partial charge < -0.3 is 15.0 Å². The van der Waals surface area contributed by atoms with E-state index in [-0.39, 0.29) is 5.82 Å². The van der Waals surface area contributed by atoms with Gasteiger partial charge in [-0.05, 0) is 36.6 Å². The van der Waals surface area contributed by atoms with E-state index in [1.54, 1.807) is 19.5 Å². The molecule has 6 heteroatoms. The fraction of sp³-hybridized carbons (Fsp3) is 0.375. The first kappa shape index (κ1) is 14.6. The fourth-order valence-corrected chi connectivity index (χ4v) is 2.72. The number of anilines is 2. The minimum atomic E-state index is -0.198. The van der Waals surface area contributed by atoms with Gasteiger partial charge in [-0.1, -0.05) is 0 Å². The third kappa shape index (κ3) is 3.27. The molecule has 1 aliphatic rings. The van der Waals surface area contributed by atoms with Crippen molar-refractivity contribution in [2.24, 2.45) is 5.92 Å². The Bertz CT molecular complexity index is 620. The summed E-state index contributed by atoms with van der Waals surface area (Å²) < 4.78 is 18.2. The maximum atomic E-state index is 13.0. The molecule has 1 aromatic heterocycles. The topological polar surface area (TPSA) is 50.3 Å². The number of hydrogen-bond donors (Lipinski definition) is 1. The molecule has 2 aromatic rings. The monoisotopic (exact) mass is 302 g/mol. The molecule has 5 nitrogen and oxygen atoms in total. The Labute approximate surface area is 129 Å². The second-order valence-corrected chi connectivity index (χ2v) is 5.37. The molecule has 1 unspecified atom stereocenters. The Morgan fingerprint density at radius 2 is 2.05 bits per heavy atom. The Kier molecular flexibility index (Phi) is 4.37. The Balaban J connectivity index is 1.56. The van der Waals surface area contributed by atoms with Crippen LogP contribution in [0.15, 0.2) is 36.7 Å².